The van der Waals surface area contributed by atoms with Crippen LogP contribution in [0.2, 0.25) is 0 Å². The van der Waals surface area contributed by atoms with Crippen LogP contribution in [-0.4, -0.2) is 24.5 Å². The van der Waals surface area contributed by atoms with Gasteiger partial charge in [0.05, 0.1) is 11.5 Å². The van der Waals surface area contributed by atoms with Crippen LogP contribution in [0.4, 0.5) is 5.69 Å². The number of aliphatic carboxylic acids is 1. The van der Waals surface area contributed by atoms with Gasteiger partial charge in [0, 0.05) is 18.1 Å². The Hall–Kier alpha value is -2.92. The summed E-state index contributed by atoms with van der Waals surface area (Å²) < 4.78 is 27.0. The van der Waals surface area contributed by atoms with Gasteiger partial charge in [-0.2, -0.15) is 5.26 Å². The minimum atomic E-state index is -3.85. The summed E-state index contributed by atoms with van der Waals surface area (Å²) in [5.74, 6) is -1.41. The second-order valence-electron chi connectivity index (χ2n) is 5.27. The lowest BCUT2D eigenvalue weighted by atomic mass is 10.0. The van der Waals surface area contributed by atoms with Crippen molar-refractivity contribution in [1.82, 2.24) is 4.98 Å². The maximum Gasteiger partial charge on any atom is 0.306 e. The normalized spacial score (nSPS) is 12.2. The molecule has 24 heavy (non-hydrogen) atoms. The van der Waals surface area contributed by atoms with Gasteiger partial charge in [0.25, 0.3) is 10.0 Å². The zero-order valence-electron chi connectivity index (χ0n) is 12.8. The molecule has 0 aliphatic rings. The molecule has 7 nitrogen and oxygen atoms in total. The van der Waals surface area contributed by atoms with Crippen molar-refractivity contribution in [3.05, 3.63) is 53.9 Å². The highest BCUT2D eigenvalue weighted by Gasteiger charge is 2.16. The smallest absolute Gasteiger partial charge is 0.306 e. The number of aromatic nitrogens is 1. The highest BCUT2D eigenvalue weighted by molar-refractivity contribution is 7.92. The van der Waals surface area contributed by atoms with E-state index in [0.29, 0.717) is 12.1 Å². The SMILES string of the molecule is CC(Cc1ccc(NS(=O)(=O)c2cncc(C#N)c2)cc1)C(=O)O. The molecule has 124 valence electrons. The number of pyridine rings is 1. The molecule has 0 saturated carbocycles. The molecule has 2 rings (SSSR count). The van der Waals surface area contributed by atoms with E-state index in [4.69, 9.17) is 10.4 Å². The number of sulfonamides is 1. The number of nitriles is 1. The van der Waals surface area contributed by atoms with Gasteiger partial charge in [0.2, 0.25) is 0 Å². The van der Waals surface area contributed by atoms with Gasteiger partial charge in [-0.1, -0.05) is 19.1 Å². The maximum absolute atomic E-state index is 12.3. The first-order valence-electron chi connectivity index (χ1n) is 7.01. The minimum Gasteiger partial charge on any atom is -0.481 e. The summed E-state index contributed by atoms with van der Waals surface area (Å²) in [6.07, 6.45) is 2.79. The first kappa shape index (κ1) is 17.4. The Labute approximate surface area is 139 Å². The molecule has 0 spiro atoms. The molecule has 2 aromatic rings. The molecule has 0 fully saturated rings. The molecule has 0 aliphatic carbocycles. The van der Waals surface area contributed by atoms with E-state index in [2.05, 4.69) is 9.71 Å². The van der Waals surface area contributed by atoms with E-state index in [1.807, 2.05) is 6.07 Å². The Kier molecular flexibility index (Phi) is 5.16. The van der Waals surface area contributed by atoms with E-state index in [-0.39, 0.29) is 10.5 Å². The number of anilines is 1. The molecule has 1 unspecified atom stereocenters. The third kappa shape index (κ3) is 4.30. The van der Waals surface area contributed by atoms with Crippen molar-refractivity contribution < 1.29 is 18.3 Å². The van der Waals surface area contributed by atoms with Gasteiger partial charge in [-0.25, -0.2) is 8.42 Å². The highest BCUT2D eigenvalue weighted by Crippen LogP contribution is 2.18. The zero-order valence-corrected chi connectivity index (χ0v) is 13.6. The third-order valence-electron chi connectivity index (χ3n) is 3.32. The number of hydrogen-bond acceptors (Lipinski definition) is 5. The van der Waals surface area contributed by atoms with Crippen molar-refractivity contribution in [2.24, 2.45) is 5.92 Å². The van der Waals surface area contributed by atoms with Gasteiger partial charge in [-0.15, -0.1) is 0 Å². The zero-order chi connectivity index (χ0) is 17.7. The maximum atomic E-state index is 12.3. The van der Waals surface area contributed by atoms with Gasteiger partial charge in [0.1, 0.15) is 11.0 Å². The van der Waals surface area contributed by atoms with Crippen molar-refractivity contribution in [3.63, 3.8) is 0 Å². The van der Waals surface area contributed by atoms with Crippen molar-refractivity contribution >= 4 is 21.7 Å². The Balaban J connectivity index is 2.15. The van der Waals surface area contributed by atoms with Crippen LogP contribution in [0.1, 0.15) is 18.1 Å². The number of carboxylic acid groups (broad SMARTS) is 1. The van der Waals surface area contributed by atoms with Gasteiger partial charge < -0.3 is 5.11 Å². The lowest BCUT2D eigenvalue weighted by Crippen LogP contribution is -2.14. The van der Waals surface area contributed by atoms with Crippen LogP contribution in [0.3, 0.4) is 0 Å². The lowest BCUT2D eigenvalue weighted by Gasteiger charge is -2.10. The largest absolute Gasteiger partial charge is 0.481 e. The Morgan fingerprint density at radius 2 is 2.00 bits per heavy atom. The van der Waals surface area contributed by atoms with E-state index < -0.39 is 21.9 Å². The average molecular weight is 345 g/mol. The summed E-state index contributed by atoms with van der Waals surface area (Å²) in [6, 6.07) is 9.52. The Morgan fingerprint density at radius 1 is 1.33 bits per heavy atom. The van der Waals surface area contributed by atoms with Crippen LogP contribution < -0.4 is 4.72 Å². The van der Waals surface area contributed by atoms with E-state index in [0.717, 1.165) is 11.8 Å². The molecule has 1 heterocycles. The monoisotopic (exact) mass is 345 g/mol. The number of benzene rings is 1. The van der Waals surface area contributed by atoms with Crippen molar-refractivity contribution in [1.29, 1.82) is 5.26 Å². The molecule has 1 atom stereocenters. The van der Waals surface area contributed by atoms with Gasteiger partial charge >= 0.3 is 5.97 Å². The summed E-state index contributed by atoms with van der Waals surface area (Å²) in [5.41, 5.74) is 1.28. The van der Waals surface area contributed by atoms with E-state index in [9.17, 15) is 13.2 Å². The van der Waals surface area contributed by atoms with E-state index >= 15 is 0 Å². The summed E-state index contributed by atoms with van der Waals surface area (Å²) in [5, 5.41) is 17.7. The van der Waals surface area contributed by atoms with Crippen LogP contribution >= 0.6 is 0 Å². The standard InChI is InChI=1S/C16H15N3O4S/c1-11(16(20)21)6-12-2-4-14(5-3-12)19-24(22,23)15-7-13(8-17)9-18-10-15/h2-5,7,9-11,19H,6H2,1H3,(H,20,21). The molecule has 1 aromatic carbocycles. The number of carbonyl (C=O) groups is 1. The molecule has 1 aromatic heterocycles. The van der Waals surface area contributed by atoms with Crippen molar-refractivity contribution in [2.45, 2.75) is 18.2 Å². The van der Waals surface area contributed by atoms with Gasteiger partial charge in [-0.05, 0) is 30.2 Å². The first-order valence-corrected chi connectivity index (χ1v) is 8.50. The molecule has 2 N–H and O–H groups in total. The number of nitrogens with one attached hydrogen (secondary N) is 1. The van der Waals surface area contributed by atoms with Crippen LogP contribution in [0.25, 0.3) is 0 Å². The molecule has 0 aliphatic heterocycles. The fourth-order valence-electron chi connectivity index (χ4n) is 1.99. The quantitative estimate of drug-likeness (QED) is 0.826. The number of hydrogen-bond donors (Lipinski definition) is 2. The topological polar surface area (TPSA) is 120 Å². The summed E-state index contributed by atoms with van der Waals surface area (Å²) in [4.78, 5) is 14.5. The lowest BCUT2D eigenvalue weighted by molar-refractivity contribution is -0.141. The number of rotatable bonds is 6. The molecule has 0 saturated heterocycles. The summed E-state index contributed by atoms with van der Waals surface area (Å²) >= 11 is 0. The molecule has 0 radical (unpaired) electrons. The second-order valence-corrected chi connectivity index (χ2v) is 6.95. The Bertz CT molecular complexity index is 886. The van der Waals surface area contributed by atoms with Gasteiger partial charge in [0.15, 0.2) is 0 Å². The highest BCUT2D eigenvalue weighted by atomic mass is 32.2. The van der Waals surface area contributed by atoms with E-state index in [1.54, 1.807) is 31.2 Å². The number of nitrogens with zero attached hydrogens (tertiary/aromatic N) is 2. The third-order valence-corrected chi connectivity index (χ3v) is 4.67. The van der Waals surface area contributed by atoms with Crippen molar-refractivity contribution in [3.8, 4) is 6.07 Å². The predicted octanol–water partition coefficient (Wildman–Crippen LogP) is 2.02. The fraction of sp³-hybridized carbons (Fsp3) is 0.188. The minimum absolute atomic E-state index is 0.106. The number of carboxylic acids is 1. The summed E-state index contributed by atoms with van der Waals surface area (Å²) in [6.45, 7) is 1.61. The summed E-state index contributed by atoms with van der Waals surface area (Å²) in [7, 11) is -3.85. The Morgan fingerprint density at radius 3 is 2.58 bits per heavy atom. The van der Waals surface area contributed by atoms with Crippen LogP contribution in [0.15, 0.2) is 47.6 Å². The second kappa shape index (κ2) is 7.10. The molecule has 0 bridgehead atoms. The predicted molar refractivity (Wildman–Crippen MR) is 86.7 cm³/mol. The molecular formula is C16H15N3O4S. The fourth-order valence-corrected chi connectivity index (χ4v) is 3.04. The van der Waals surface area contributed by atoms with Crippen LogP contribution in [0, 0.1) is 17.2 Å². The molecule has 8 heteroatoms. The molecular weight excluding hydrogens is 330 g/mol. The van der Waals surface area contributed by atoms with Crippen LogP contribution in [0.5, 0.6) is 0 Å². The average Bonchev–Trinajstić information content (AvgIpc) is 2.56. The first-order chi connectivity index (χ1) is 11.3. The van der Waals surface area contributed by atoms with Crippen molar-refractivity contribution in [2.75, 3.05) is 4.72 Å². The van der Waals surface area contributed by atoms with Crippen LogP contribution in [-0.2, 0) is 21.2 Å². The van der Waals surface area contributed by atoms with E-state index in [1.165, 1.54) is 12.3 Å². The van der Waals surface area contributed by atoms with Gasteiger partial charge in [-0.3, -0.25) is 14.5 Å². The molecule has 0 amide bonds.